The maximum atomic E-state index is 12.8. The zero-order valence-corrected chi connectivity index (χ0v) is 13.1. The first-order valence-electron chi connectivity index (χ1n) is 7.32. The van der Waals surface area contributed by atoms with Gasteiger partial charge in [-0.15, -0.1) is 0 Å². The smallest absolute Gasteiger partial charge is 0.253 e. The summed E-state index contributed by atoms with van der Waals surface area (Å²) in [4.78, 5) is 12.2. The average molecular weight is 304 g/mol. The van der Waals surface area contributed by atoms with Gasteiger partial charge in [0, 0.05) is 24.5 Å². The molecule has 2 aromatic rings. The van der Waals surface area contributed by atoms with Gasteiger partial charge in [0.05, 0.1) is 11.7 Å². The molecular weight excluding hydrogens is 283 g/mol. The molecule has 0 radical (unpaired) electrons. The van der Waals surface area contributed by atoms with Gasteiger partial charge in [0.15, 0.2) is 0 Å². The van der Waals surface area contributed by atoms with Crippen LogP contribution in [0.1, 0.15) is 40.3 Å². The van der Waals surface area contributed by atoms with Gasteiger partial charge >= 0.3 is 0 Å². The molecule has 4 nitrogen and oxygen atoms in total. The van der Waals surface area contributed by atoms with Crippen LogP contribution < -0.4 is 5.32 Å². The summed E-state index contributed by atoms with van der Waals surface area (Å²) in [5, 5.41) is 12.8. The summed E-state index contributed by atoms with van der Waals surface area (Å²) in [5.74, 6) is -0.569. The minimum absolute atomic E-state index is 0.0836. The third kappa shape index (κ3) is 3.36. The Balaban J connectivity index is 2.02. The van der Waals surface area contributed by atoms with Gasteiger partial charge in [0.2, 0.25) is 0 Å². The zero-order valence-electron chi connectivity index (χ0n) is 13.1. The SMILES string of the molecule is CCn1c(C)cc(C(=O)NCC(O)c2ccc(F)cc2)c1C. The van der Waals surface area contributed by atoms with Crippen molar-refractivity contribution in [1.29, 1.82) is 0 Å². The van der Waals surface area contributed by atoms with E-state index in [4.69, 9.17) is 0 Å². The summed E-state index contributed by atoms with van der Waals surface area (Å²) in [6, 6.07) is 7.44. The molecule has 0 bridgehead atoms. The lowest BCUT2D eigenvalue weighted by Crippen LogP contribution is -2.28. The molecule has 0 aliphatic rings. The van der Waals surface area contributed by atoms with Crippen LogP contribution in [-0.2, 0) is 6.54 Å². The number of benzene rings is 1. The monoisotopic (exact) mass is 304 g/mol. The van der Waals surface area contributed by atoms with Crippen LogP contribution in [-0.4, -0.2) is 22.1 Å². The molecule has 22 heavy (non-hydrogen) atoms. The van der Waals surface area contributed by atoms with E-state index >= 15 is 0 Å². The normalized spacial score (nSPS) is 12.2. The number of carbonyl (C=O) groups excluding carboxylic acids is 1. The summed E-state index contributed by atoms with van der Waals surface area (Å²) in [7, 11) is 0. The molecule has 1 aromatic heterocycles. The predicted octanol–water partition coefficient (Wildman–Crippen LogP) is 2.73. The number of aromatic nitrogens is 1. The van der Waals surface area contributed by atoms with Crippen molar-refractivity contribution in [2.75, 3.05) is 6.54 Å². The van der Waals surface area contributed by atoms with E-state index in [0.29, 0.717) is 11.1 Å². The van der Waals surface area contributed by atoms with Gasteiger partial charge in [-0.05, 0) is 44.5 Å². The van der Waals surface area contributed by atoms with Crippen molar-refractivity contribution in [3.8, 4) is 0 Å². The first kappa shape index (κ1) is 16.2. The molecule has 0 saturated heterocycles. The topological polar surface area (TPSA) is 54.3 Å². The molecule has 2 rings (SSSR count). The second-order valence-corrected chi connectivity index (χ2v) is 5.31. The second kappa shape index (κ2) is 6.75. The van der Waals surface area contributed by atoms with Gasteiger partial charge < -0.3 is 15.0 Å². The van der Waals surface area contributed by atoms with E-state index in [0.717, 1.165) is 17.9 Å². The van der Waals surface area contributed by atoms with E-state index in [-0.39, 0.29) is 18.3 Å². The van der Waals surface area contributed by atoms with Crippen molar-refractivity contribution in [3.63, 3.8) is 0 Å². The minimum atomic E-state index is -0.862. The standard InChI is InChI=1S/C17H21FN2O2/c1-4-20-11(2)9-15(12(20)3)17(22)19-10-16(21)13-5-7-14(18)8-6-13/h5-9,16,21H,4,10H2,1-3H3,(H,19,22). The predicted molar refractivity (Wildman–Crippen MR) is 83.3 cm³/mol. The van der Waals surface area contributed by atoms with Crippen LogP contribution in [0.3, 0.4) is 0 Å². The number of aliphatic hydroxyl groups is 1. The van der Waals surface area contributed by atoms with Crippen LogP contribution in [0.25, 0.3) is 0 Å². The fourth-order valence-corrected chi connectivity index (χ4v) is 2.60. The van der Waals surface area contributed by atoms with Crippen LogP contribution in [0, 0.1) is 19.7 Å². The van der Waals surface area contributed by atoms with E-state index in [2.05, 4.69) is 9.88 Å². The highest BCUT2D eigenvalue weighted by atomic mass is 19.1. The molecular formula is C17H21FN2O2. The molecule has 1 amide bonds. The summed E-state index contributed by atoms with van der Waals surface area (Å²) in [6.45, 7) is 6.78. The van der Waals surface area contributed by atoms with Crippen LogP contribution in [0.2, 0.25) is 0 Å². The molecule has 0 spiro atoms. The number of halogens is 1. The zero-order chi connectivity index (χ0) is 16.3. The molecule has 0 aliphatic carbocycles. The van der Waals surface area contributed by atoms with Gasteiger partial charge in [-0.3, -0.25) is 4.79 Å². The van der Waals surface area contributed by atoms with Crippen LogP contribution in [0.15, 0.2) is 30.3 Å². The molecule has 1 aromatic carbocycles. The number of aliphatic hydroxyl groups excluding tert-OH is 1. The highest BCUT2D eigenvalue weighted by Crippen LogP contribution is 2.16. The van der Waals surface area contributed by atoms with Gasteiger partial charge in [-0.1, -0.05) is 12.1 Å². The molecule has 1 unspecified atom stereocenters. The third-order valence-corrected chi connectivity index (χ3v) is 3.85. The summed E-state index contributed by atoms with van der Waals surface area (Å²) in [5.41, 5.74) is 3.13. The second-order valence-electron chi connectivity index (χ2n) is 5.31. The third-order valence-electron chi connectivity index (χ3n) is 3.85. The van der Waals surface area contributed by atoms with Crippen molar-refractivity contribution in [2.24, 2.45) is 0 Å². The fraction of sp³-hybridized carbons (Fsp3) is 0.353. The Morgan fingerprint density at radius 3 is 2.50 bits per heavy atom. The molecule has 0 saturated carbocycles. The summed E-state index contributed by atoms with van der Waals surface area (Å²) < 4.78 is 14.9. The summed E-state index contributed by atoms with van der Waals surface area (Å²) in [6.07, 6.45) is -0.862. The first-order chi connectivity index (χ1) is 10.4. The van der Waals surface area contributed by atoms with E-state index in [1.165, 1.54) is 24.3 Å². The number of rotatable bonds is 5. The Kier molecular flexibility index (Phi) is 4.98. The van der Waals surface area contributed by atoms with Crippen molar-refractivity contribution < 1.29 is 14.3 Å². The van der Waals surface area contributed by atoms with Crippen molar-refractivity contribution in [3.05, 3.63) is 58.7 Å². The largest absolute Gasteiger partial charge is 0.387 e. The van der Waals surface area contributed by atoms with Crippen molar-refractivity contribution >= 4 is 5.91 Å². The highest BCUT2D eigenvalue weighted by Gasteiger charge is 2.16. The lowest BCUT2D eigenvalue weighted by molar-refractivity contribution is 0.0915. The van der Waals surface area contributed by atoms with Gasteiger partial charge in [0.1, 0.15) is 5.82 Å². The van der Waals surface area contributed by atoms with E-state index < -0.39 is 6.10 Å². The van der Waals surface area contributed by atoms with Gasteiger partial charge in [0.25, 0.3) is 5.91 Å². The molecule has 2 N–H and O–H groups in total. The Morgan fingerprint density at radius 1 is 1.32 bits per heavy atom. The Morgan fingerprint density at radius 2 is 1.95 bits per heavy atom. The molecule has 5 heteroatoms. The van der Waals surface area contributed by atoms with E-state index in [1.54, 1.807) is 0 Å². The van der Waals surface area contributed by atoms with Crippen molar-refractivity contribution in [1.82, 2.24) is 9.88 Å². The van der Waals surface area contributed by atoms with Crippen molar-refractivity contribution in [2.45, 2.75) is 33.4 Å². The summed E-state index contributed by atoms with van der Waals surface area (Å²) >= 11 is 0. The van der Waals surface area contributed by atoms with Crippen LogP contribution >= 0.6 is 0 Å². The Hall–Kier alpha value is -2.14. The number of nitrogens with one attached hydrogen (secondary N) is 1. The minimum Gasteiger partial charge on any atom is -0.387 e. The number of amides is 1. The van der Waals surface area contributed by atoms with Crippen LogP contribution in [0.4, 0.5) is 4.39 Å². The fourth-order valence-electron chi connectivity index (χ4n) is 2.60. The molecule has 1 heterocycles. The Bertz CT molecular complexity index is 662. The first-order valence-corrected chi connectivity index (χ1v) is 7.32. The average Bonchev–Trinajstić information content (AvgIpc) is 2.79. The number of hydrogen-bond acceptors (Lipinski definition) is 2. The van der Waals surface area contributed by atoms with Crippen LogP contribution in [0.5, 0.6) is 0 Å². The van der Waals surface area contributed by atoms with E-state index in [1.807, 2.05) is 26.8 Å². The number of hydrogen-bond donors (Lipinski definition) is 2. The number of nitrogens with zero attached hydrogens (tertiary/aromatic N) is 1. The molecule has 0 fully saturated rings. The lowest BCUT2D eigenvalue weighted by atomic mass is 10.1. The maximum absolute atomic E-state index is 12.8. The molecule has 1 atom stereocenters. The van der Waals surface area contributed by atoms with E-state index in [9.17, 15) is 14.3 Å². The van der Waals surface area contributed by atoms with Gasteiger partial charge in [-0.2, -0.15) is 0 Å². The van der Waals surface area contributed by atoms with Gasteiger partial charge in [-0.25, -0.2) is 4.39 Å². The highest BCUT2D eigenvalue weighted by molar-refractivity contribution is 5.95. The Labute approximate surface area is 129 Å². The lowest BCUT2D eigenvalue weighted by Gasteiger charge is -2.12. The maximum Gasteiger partial charge on any atom is 0.253 e. The number of aryl methyl sites for hydroxylation is 1. The quantitative estimate of drug-likeness (QED) is 0.892. The molecule has 118 valence electrons. The molecule has 0 aliphatic heterocycles. The number of carbonyl (C=O) groups is 1.